The van der Waals surface area contributed by atoms with Crippen molar-refractivity contribution in [2.45, 2.75) is 78.9 Å². The molecular weight excluding hydrogens is 346 g/mol. The number of Topliss-reactive ketones (excluding diaryl/α,β-unsaturated/α-hetero) is 1. The molecule has 0 saturated carbocycles. The third kappa shape index (κ3) is 8.93. The largest absolute Gasteiger partial charge is 0.472 e. The molecule has 1 aliphatic heterocycles. The van der Waals surface area contributed by atoms with E-state index in [1.54, 1.807) is 20.8 Å². The van der Waals surface area contributed by atoms with Gasteiger partial charge < -0.3 is 14.4 Å². The molecule has 1 fully saturated rings. The van der Waals surface area contributed by atoms with Gasteiger partial charge in [-0.25, -0.2) is 4.79 Å². The number of aliphatic imine (C=N–C) groups is 1. The highest BCUT2D eigenvalue weighted by molar-refractivity contribution is 5.95. The fourth-order valence-corrected chi connectivity index (χ4v) is 2.73. The molecule has 0 aromatic rings. The molecule has 1 saturated heterocycles. The average Bonchev–Trinajstić information content (AvgIpc) is 2.92. The zero-order valence-corrected chi connectivity index (χ0v) is 17.8. The van der Waals surface area contributed by atoms with Gasteiger partial charge in [0.05, 0.1) is 0 Å². The highest BCUT2D eigenvalue weighted by atomic mass is 16.6. The van der Waals surface area contributed by atoms with Crippen LogP contribution >= 0.6 is 0 Å². The number of rotatable bonds is 5. The van der Waals surface area contributed by atoms with E-state index >= 15 is 0 Å². The van der Waals surface area contributed by atoms with Gasteiger partial charge in [-0.3, -0.25) is 10.1 Å². The van der Waals surface area contributed by atoms with Gasteiger partial charge in [-0.1, -0.05) is 6.92 Å². The van der Waals surface area contributed by atoms with Crippen molar-refractivity contribution in [3.63, 3.8) is 0 Å². The highest BCUT2D eigenvalue weighted by Gasteiger charge is 2.31. The number of carbonyl (C=O) groups is 2. The van der Waals surface area contributed by atoms with Crippen LogP contribution in [0.1, 0.15) is 67.7 Å². The molecule has 0 aliphatic carbocycles. The van der Waals surface area contributed by atoms with Gasteiger partial charge in [0.2, 0.25) is 11.8 Å². The molecule has 1 heterocycles. The molecule has 1 unspecified atom stereocenters. The van der Waals surface area contributed by atoms with Gasteiger partial charge in [0.15, 0.2) is 0 Å². The molecule has 27 heavy (non-hydrogen) atoms. The predicted molar refractivity (Wildman–Crippen MR) is 106 cm³/mol. The first-order valence-electron chi connectivity index (χ1n) is 9.55. The minimum Gasteiger partial charge on any atom is -0.472 e. The van der Waals surface area contributed by atoms with Gasteiger partial charge in [0.1, 0.15) is 17.0 Å². The Morgan fingerprint density at radius 2 is 1.74 bits per heavy atom. The summed E-state index contributed by atoms with van der Waals surface area (Å²) in [4.78, 5) is 30.7. The second-order valence-corrected chi connectivity index (χ2v) is 8.82. The van der Waals surface area contributed by atoms with Crippen molar-refractivity contribution in [2.24, 2.45) is 10.9 Å². The number of nitrogens with zero attached hydrogens (tertiary/aromatic N) is 2. The molecule has 7 heteroatoms. The Morgan fingerprint density at radius 1 is 1.15 bits per heavy atom. The first kappa shape index (κ1) is 23.0. The van der Waals surface area contributed by atoms with Crippen molar-refractivity contribution in [3.8, 4) is 0 Å². The number of likely N-dealkylation sites (tertiary alicyclic amines) is 1. The number of ether oxygens (including phenoxy) is 2. The Hall–Kier alpha value is -2.05. The molecule has 0 radical (unpaired) electrons. The lowest BCUT2D eigenvalue weighted by Gasteiger charge is -2.25. The van der Waals surface area contributed by atoms with E-state index in [1.165, 1.54) is 0 Å². The quantitative estimate of drug-likeness (QED) is 0.444. The number of ketones is 1. The molecule has 1 rings (SSSR count). The zero-order chi connectivity index (χ0) is 20.8. The number of hydrogen-bond donors (Lipinski definition) is 1. The molecule has 154 valence electrons. The van der Waals surface area contributed by atoms with Crippen molar-refractivity contribution in [3.05, 3.63) is 12.5 Å². The summed E-state index contributed by atoms with van der Waals surface area (Å²) in [6, 6.07) is 0. The minimum absolute atomic E-state index is 0.0487. The molecule has 0 aromatic carbocycles. The maximum Gasteiger partial charge on any atom is 0.414 e. The maximum absolute atomic E-state index is 12.2. The SMILES string of the molecule is C=C(/N=C(/NC(=O)OC(C)(C)C)N1CCC(C(=O)CCC)C1)OC(C)(C)C. The van der Waals surface area contributed by atoms with E-state index in [1.807, 2.05) is 32.6 Å². The summed E-state index contributed by atoms with van der Waals surface area (Å²) >= 11 is 0. The van der Waals surface area contributed by atoms with Crippen molar-refractivity contribution in [1.82, 2.24) is 10.2 Å². The lowest BCUT2D eigenvalue weighted by molar-refractivity contribution is -0.122. The Kier molecular flexibility index (Phi) is 7.87. The Labute approximate surface area is 163 Å². The van der Waals surface area contributed by atoms with Crippen LogP contribution in [0.2, 0.25) is 0 Å². The molecule has 1 aliphatic rings. The number of carbonyl (C=O) groups excluding carboxylic acids is 2. The molecular formula is C20H35N3O4. The summed E-state index contributed by atoms with van der Waals surface area (Å²) in [5, 5.41) is 2.69. The van der Waals surface area contributed by atoms with Gasteiger partial charge in [-0.15, -0.1) is 0 Å². The average molecular weight is 382 g/mol. The first-order valence-corrected chi connectivity index (χ1v) is 9.55. The molecule has 7 nitrogen and oxygen atoms in total. The van der Waals surface area contributed by atoms with Gasteiger partial charge in [0.25, 0.3) is 0 Å². The monoisotopic (exact) mass is 381 g/mol. The lowest BCUT2D eigenvalue weighted by Crippen LogP contribution is -2.45. The van der Waals surface area contributed by atoms with Crippen LogP contribution in [0.4, 0.5) is 4.79 Å². The van der Waals surface area contributed by atoms with Gasteiger partial charge in [-0.05, 0) is 61.0 Å². The first-order chi connectivity index (χ1) is 12.3. The van der Waals surface area contributed by atoms with Crippen LogP contribution in [-0.4, -0.2) is 47.0 Å². The van der Waals surface area contributed by atoms with Crippen LogP contribution in [0.25, 0.3) is 0 Å². The van der Waals surface area contributed by atoms with Crippen LogP contribution in [0.3, 0.4) is 0 Å². The van der Waals surface area contributed by atoms with Crippen molar-refractivity contribution < 1.29 is 19.1 Å². The fourth-order valence-electron chi connectivity index (χ4n) is 2.73. The third-order valence-corrected chi connectivity index (χ3v) is 3.71. The highest BCUT2D eigenvalue weighted by Crippen LogP contribution is 2.21. The van der Waals surface area contributed by atoms with Crippen molar-refractivity contribution >= 4 is 17.8 Å². The number of hydrogen-bond acceptors (Lipinski definition) is 5. The summed E-state index contributed by atoms with van der Waals surface area (Å²) in [7, 11) is 0. The third-order valence-electron chi connectivity index (χ3n) is 3.71. The van der Waals surface area contributed by atoms with Gasteiger partial charge in [-0.2, -0.15) is 4.99 Å². The lowest BCUT2D eigenvalue weighted by atomic mass is 10.0. The van der Waals surface area contributed by atoms with Crippen molar-refractivity contribution in [2.75, 3.05) is 13.1 Å². The summed E-state index contributed by atoms with van der Waals surface area (Å²) in [6.45, 7) is 18.0. The van der Waals surface area contributed by atoms with E-state index in [2.05, 4.69) is 16.9 Å². The van der Waals surface area contributed by atoms with Crippen LogP contribution in [-0.2, 0) is 14.3 Å². The predicted octanol–water partition coefficient (Wildman–Crippen LogP) is 3.84. The van der Waals surface area contributed by atoms with Crippen molar-refractivity contribution in [1.29, 1.82) is 0 Å². The zero-order valence-electron chi connectivity index (χ0n) is 17.8. The smallest absolute Gasteiger partial charge is 0.414 e. The Balaban J connectivity index is 2.93. The molecule has 0 bridgehead atoms. The molecule has 0 spiro atoms. The van der Waals surface area contributed by atoms with E-state index in [0.717, 1.165) is 12.8 Å². The molecule has 0 aromatic heterocycles. The fraction of sp³-hybridized carbons (Fsp3) is 0.750. The van der Waals surface area contributed by atoms with E-state index in [0.29, 0.717) is 25.5 Å². The second kappa shape index (κ2) is 9.24. The summed E-state index contributed by atoms with van der Waals surface area (Å²) in [6.07, 6.45) is 1.54. The normalized spacial score (nSPS) is 18.3. The maximum atomic E-state index is 12.2. The standard InChI is InChI=1S/C20H35N3O4/c1-9-10-16(24)15-11-12-23(13-15)17(21-14(2)26-19(3,4)5)22-18(25)27-20(6,7)8/h15H,2,9-13H2,1,3-8H3,(H,21,22,25). The van der Waals surface area contributed by atoms with Gasteiger partial charge in [0, 0.05) is 25.4 Å². The summed E-state index contributed by atoms with van der Waals surface area (Å²) in [5.41, 5.74) is -1.08. The van der Waals surface area contributed by atoms with E-state index in [4.69, 9.17) is 9.47 Å². The van der Waals surface area contributed by atoms with Crippen LogP contribution < -0.4 is 5.32 Å². The molecule has 1 N–H and O–H groups in total. The number of amides is 1. The number of alkyl carbamates (subject to hydrolysis) is 1. The van der Waals surface area contributed by atoms with Crippen LogP contribution in [0.5, 0.6) is 0 Å². The van der Waals surface area contributed by atoms with Gasteiger partial charge >= 0.3 is 6.09 Å². The Morgan fingerprint density at radius 3 is 2.26 bits per heavy atom. The summed E-state index contributed by atoms with van der Waals surface area (Å²) in [5.74, 6) is 0.691. The molecule has 1 amide bonds. The van der Waals surface area contributed by atoms with E-state index < -0.39 is 17.3 Å². The van der Waals surface area contributed by atoms with E-state index in [-0.39, 0.29) is 17.6 Å². The molecule has 1 atom stereocenters. The Bertz CT molecular complexity index is 585. The second-order valence-electron chi connectivity index (χ2n) is 8.82. The number of guanidine groups is 1. The van der Waals surface area contributed by atoms with Crippen LogP contribution in [0, 0.1) is 5.92 Å². The topological polar surface area (TPSA) is 80.2 Å². The van der Waals surface area contributed by atoms with Crippen LogP contribution in [0.15, 0.2) is 17.5 Å². The number of nitrogens with one attached hydrogen (secondary N) is 1. The summed E-state index contributed by atoms with van der Waals surface area (Å²) < 4.78 is 11.0. The van der Waals surface area contributed by atoms with E-state index in [9.17, 15) is 9.59 Å². The minimum atomic E-state index is -0.626.